The summed E-state index contributed by atoms with van der Waals surface area (Å²) in [5, 5.41) is 12.6. The Balaban J connectivity index is 2.24. The summed E-state index contributed by atoms with van der Waals surface area (Å²) in [6, 6.07) is 2.00. The predicted octanol–water partition coefficient (Wildman–Crippen LogP) is 1.77. The molecule has 1 aliphatic rings. The van der Waals surface area contributed by atoms with Gasteiger partial charge in [-0.1, -0.05) is 0 Å². The number of nitriles is 1. The SMILES string of the molecule is N#CNC(=O)C1CCCc2sccc21. The largest absolute Gasteiger partial charge is 0.273 e. The van der Waals surface area contributed by atoms with Crippen LogP contribution in [-0.4, -0.2) is 5.91 Å². The molecule has 14 heavy (non-hydrogen) atoms. The zero-order chi connectivity index (χ0) is 9.97. The topological polar surface area (TPSA) is 52.9 Å². The van der Waals surface area contributed by atoms with Crippen molar-refractivity contribution in [3.05, 3.63) is 21.9 Å². The van der Waals surface area contributed by atoms with Gasteiger partial charge in [0, 0.05) is 4.88 Å². The maximum absolute atomic E-state index is 11.5. The number of carbonyl (C=O) groups is 1. The molecule has 0 aliphatic heterocycles. The third-order valence-corrected chi connectivity index (χ3v) is 3.54. The highest BCUT2D eigenvalue weighted by atomic mass is 32.1. The first-order valence-electron chi connectivity index (χ1n) is 4.58. The van der Waals surface area contributed by atoms with E-state index in [0.29, 0.717) is 0 Å². The van der Waals surface area contributed by atoms with Gasteiger partial charge in [0.05, 0.1) is 5.92 Å². The van der Waals surface area contributed by atoms with Crippen LogP contribution in [0.25, 0.3) is 0 Å². The van der Waals surface area contributed by atoms with E-state index in [0.717, 1.165) is 24.8 Å². The van der Waals surface area contributed by atoms with Crippen molar-refractivity contribution in [3.8, 4) is 6.19 Å². The molecule has 1 unspecified atom stereocenters. The summed E-state index contributed by atoms with van der Waals surface area (Å²) in [4.78, 5) is 12.8. The number of nitrogens with one attached hydrogen (secondary N) is 1. The molecule has 0 saturated heterocycles. The number of hydrogen-bond donors (Lipinski definition) is 1. The molecule has 4 heteroatoms. The van der Waals surface area contributed by atoms with Crippen LogP contribution in [0.3, 0.4) is 0 Å². The van der Waals surface area contributed by atoms with Crippen LogP contribution in [0.2, 0.25) is 0 Å². The van der Waals surface area contributed by atoms with Crippen molar-refractivity contribution in [2.24, 2.45) is 0 Å². The highest BCUT2D eigenvalue weighted by Crippen LogP contribution is 2.34. The van der Waals surface area contributed by atoms with E-state index in [1.165, 1.54) is 4.88 Å². The molecule has 1 atom stereocenters. The number of thiophene rings is 1. The van der Waals surface area contributed by atoms with E-state index >= 15 is 0 Å². The Kier molecular flexibility index (Phi) is 2.51. The van der Waals surface area contributed by atoms with Gasteiger partial charge in [-0.25, -0.2) is 0 Å². The average molecular weight is 206 g/mol. The number of amides is 1. The standard InChI is InChI=1S/C10H10N2OS/c11-6-12-10(13)8-2-1-3-9-7(8)4-5-14-9/h4-5,8H,1-3H2,(H,12,13). The summed E-state index contributed by atoms with van der Waals surface area (Å²) >= 11 is 1.70. The first-order valence-corrected chi connectivity index (χ1v) is 5.46. The molecule has 72 valence electrons. The van der Waals surface area contributed by atoms with Crippen molar-refractivity contribution in [3.63, 3.8) is 0 Å². The van der Waals surface area contributed by atoms with Crippen molar-refractivity contribution in [2.75, 3.05) is 0 Å². The van der Waals surface area contributed by atoms with Crippen molar-refractivity contribution < 1.29 is 4.79 Å². The summed E-state index contributed by atoms with van der Waals surface area (Å²) in [6.07, 6.45) is 4.66. The van der Waals surface area contributed by atoms with Crippen molar-refractivity contribution in [2.45, 2.75) is 25.2 Å². The van der Waals surface area contributed by atoms with Crippen LogP contribution in [0.15, 0.2) is 11.4 Å². The molecule has 1 aromatic rings. The molecule has 1 aliphatic carbocycles. The summed E-state index contributed by atoms with van der Waals surface area (Å²) in [5.41, 5.74) is 1.12. The van der Waals surface area contributed by atoms with Gasteiger partial charge in [0.25, 0.3) is 0 Å². The minimum Gasteiger partial charge on any atom is -0.273 e. The maximum atomic E-state index is 11.5. The number of aryl methyl sites for hydroxylation is 1. The third-order valence-electron chi connectivity index (χ3n) is 2.55. The molecule has 0 bridgehead atoms. The molecular formula is C10H10N2OS. The number of nitrogens with zero attached hydrogens (tertiary/aromatic N) is 1. The van der Waals surface area contributed by atoms with Crippen LogP contribution in [-0.2, 0) is 11.2 Å². The molecule has 1 aromatic heterocycles. The Hall–Kier alpha value is -1.34. The highest BCUT2D eigenvalue weighted by molar-refractivity contribution is 7.10. The first kappa shape index (κ1) is 9.22. The summed E-state index contributed by atoms with van der Waals surface area (Å²) < 4.78 is 0. The minimum atomic E-state index is -0.160. The van der Waals surface area contributed by atoms with E-state index < -0.39 is 0 Å². The molecule has 1 amide bonds. The Morgan fingerprint density at radius 1 is 1.71 bits per heavy atom. The molecule has 2 rings (SSSR count). The summed E-state index contributed by atoms with van der Waals surface area (Å²) in [6.45, 7) is 0. The van der Waals surface area contributed by atoms with Crippen LogP contribution < -0.4 is 5.32 Å². The van der Waals surface area contributed by atoms with Gasteiger partial charge in [0.1, 0.15) is 0 Å². The number of fused-ring (bicyclic) bond motifs is 1. The lowest BCUT2D eigenvalue weighted by Gasteiger charge is -2.19. The fourth-order valence-electron chi connectivity index (χ4n) is 1.90. The lowest BCUT2D eigenvalue weighted by atomic mass is 9.87. The summed E-state index contributed by atoms with van der Waals surface area (Å²) in [7, 11) is 0. The second kappa shape index (κ2) is 3.81. The zero-order valence-corrected chi connectivity index (χ0v) is 8.43. The van der Waals surface area contributed by atoms with Gasteiger partial charge in [0.15, 0.2) is 6.19 Å². The quantitative estimate of drug-likeness (QED) is 0.562. The molecule has 1 N–H and O–H groups in total. The monoisotopic (exact) mass is 206 g/mol. The van der Waals surface area contributed by atoms with Crippen LogP contribution in [0.1, 0.15) is 29.2 Å². The highest BCUT2D eigenvalue weighted by Gasteiger charge is 2.26. The van der Waals surface area contributed by atoms with Gasteiger partial charge in [0.2, 0.25) is 5.91 Å². The second-order valence-corrected chi connectivity index (χ2v) is 4.35. The second-order valence-electron chi connectivity index (χ2n) is 3.34. The Morgan fingerprint density at radius 3 is 3.36 bits per heavy atom. The van der Waals surface area contributed by atoms with Gasteiger partial charge in [-0.2, -0.15) is 5.26 Å². The normalized spacial score (nSPS) is 19.5. The lowest BCUT2D eigenvalue weighted by Crippen LogP contribution is -2.27. The van der Waals surface area contributed by atoms with E-state index in [9.17, 15) is 4.79 Å². The molecule has 0 spiro atoms. The van der Waals surface area contributed by atoms with E-state index in [4.69, 9.17) is 5.26 Å². The molecule has 0 saturated carbocycles. The molecule has 1 heterocycles. The van der Waals surface area contributed by atoms with Gasteiger partial charge >= 0.3 is 0 Å². The van der Waals surface area contributed by atoms with E-state index in [1.54, 1.807) is 17.5 Å². The third kappa shape index (κ3) is 1.51. The molecule has 0 fully saturated rings. The Morgan fingerprint density at radius 2 is 2.57 bits per heavy atom. The van der Waals surface area contributed by atoms with Crippen LogP contribution in [0.4, 0.5) is 0 Å². The minimum absolute atomic E-state index is 0.107. The number of hydrogen-bond acceptors (Lipinski definition) is 3. The van der Waals surface area contributed by atoms with Crippen molar-refractivity contribution >= 4 is 17.2 Å². The van der Waals surface area contributed by atoms with E-state index in [-0.39, 0.29) is 11.8 Å². The number of carbonyl (C=O) groups excluding carboxylic acids is 1. The zero-order valence-electron chi connectivity index (χ0n) is 7.62. The van der Waals surface area contributed by atoms with Gasteiger partial charge in [-0.15, -0.1) is 11.3 Å². The molecular weight excluding hydrogens is 196 g/mol. The van der Waals surface area contributed by atoms with Crippen LogP contribution in [0.5, 0.6) is 0 Å². The molecule has 0 aromatic carbocycles. The maximum Gasteiger partial charge on any atom is 0.240 e. The predicted molar refractivity (Wildman–Crippen MR) is 53.8 cm³/mol. The smallest absolute Gasteiger partial charge is 0.240 e. The Bertz CT molecular complexity index is 391. The van der Waals surface area contributed by atoms with Gasteiger partial charge in [-0.3, -0.25) is 10.1 Å². The van der Waals surface area contributed by atoms with Gasteiger partial charge < -0.3 is 0 Å². The van der Waals surface area contributed by atoms with Crippen molar-refractivity contribution in [1.82, 2.24) is 5.32 Å². The first-order chi connectivity index (χ1) is 6.83. The van der Waals surface area contributed by atoms with E-state index in [2.05, 4.69) is 5.32 Å². The van der Waals surface area contributed by atoms with Gasteiger partial charge in [-0.05, 0) is 36.3 Å². The lowest BCUT2D eigenvalue weighted by molar-refractivity contribution is -0.121. The fourth-order valence-corrected chi connectivity index (χ4v) is 2.89. The summed E-state index contributed by atoms with van der Waals surface area (Å²) in [5.74, 6) is -0.267. The Labute approximate surface area is 86.4 Å². The average Bonchev–Trinajstić information content (AvgIpc) is 2.65. The fraction of sp³-hybridized carbons (Fsp3) is 0.400. The van der Waals surface area contributed by atoms with Crippen LogP contribution >= 0.6 is 11.3 Å². The van der Waals surface area contributed by atoms with Crippen LogP contribution in [0, 0.1) is 11.5 Å². The van der Waals surface area contributed by atoms with Crippen molar-refractivity contribution in [1.29, 1.82) is 5.26 Å². The number of rotatable bonds is 1. The molecule has 3 nitrogen and oxygen atoms in total. The van der Waals surface area contributed by atoms with E-state index in [1.807, 2.05) is 11.4 Å². The molecule has 0 radical (unpaired) electrons.